The molecule has 0 spiro atoms. The lowest BCUT2D eigenvalue weighted by Gasteiger charge is -2.06. The summed E-state index contributed by atoms with van der Waals surface area (Å²) in [7, 11) is 0. The molecule has 8 nitrogen and oxygen atoms in total. The number of hydrogen-bond donors (Lipinski definition) is 4. The van der Waals surface area contributed by atoms with E-state index in [0.717, 1.165) is 10.9 Å². The fourth-order valence-corrected chi connectivity index (χ4v) is 2.19. The van der Waals surface area contributed by atoms with Gasteiger partial charge in [0.2, 0.25) is 5.91 Å². The number of aromatic nitrogens is 2. The molecule has 2 aromatic rings. The highest BCUT2D eigenvalue weighted by Gasteiger charge is 2.32. The third-order valence-corrected chi connectivity index (χ3v) is 3.33. The topological polar surface area (TPSA) is 116 Å². The Morgan fingerprint density at radius 2 is 2.00 bits per heavy atom. The van der Waals surface area contributed by atoms with E-state index in [1.807, 2.05) is 6.07 Å². The van der Waals surface area contributed by atoms with Crippen molar-refractivity contribution in [2.45, 2.75) is 12.8 Å². The van der Waals surface area contributed by atoms with E-state index in [-0.39, 0.29) is 18.7 Å². The molecule has 1 saturated heterocycles. The van der Waals surface area contributed by atoms with Gasteiger partial charge < -0.3 is 5.32 Å². The molecule has 1 fully saturated rings. The number of benzene rings is 1. The molecular formula is C13H13N5O3. The molecule has 108 valence electrons. The number of nitrogens with one attached hydrogen (secondary N) is 4. The molecule has 0 unspecified atom stereocenters. The van der Waals surface area contributed by atoms with Crippen molar-refractivity contribution in [1.29, 1.82) is 0 Å². The summed E-state index contributed by atoms with van der Waals surface area (Å²) in [6, 6.07) is 5.38. The van der Waals surface area contributed by atoms with Crippen molar-refractivity contribution in [3.8, 4) is 0 Å². The number of aromatic amines is 1. The second kappa shape index (κ2) is 5.23. The molecule has 3 amide bonds. The van der Waals surface area contributed by atoms with Crippen LogP contribution in [0.2, 0.25) is 0 Å². The Hall–Kier alpha value is -2.90. The number of fused-ring (bicyclic) bond motifs is 1. The number of carbonyl (C=O) groups is 3. The third-order valence-electron chi connectivity index (χ3n) is 3.33. The van der Waals surface area contributed by atoms with Gasteiger partial charge in [-0.05, 0) is 24.6 Å². The van der Waals surface area contributed by atoms with E-state index in [4.69, 9.17) is 0 Å². The Morgan fingerprint density at radius 3 is 2.76 bits per heavy atom. The van der Waals surface area contributed by atoms with E-state index in [1.165, 1.54) is 0 Å². The molecule has 0 radical (unpaired) electrons. The molecule has 0 bridgehead atoms. The highest BCUT2D eigenvalue weighted by atomic mass is 16.2. The van der Waals surface area contributed by atoms with Crippen LogP contribution in [0.3, 0.4) is 0 Å². The van der Waals surface area contributed by atoms with E-state index in [0.29, 0.717) is 5.69 Å². The number of nitrogens with zero attached hydrogens (tertiary/aromatic N) is 1. The molecule has 3 rings (SSSR count). The average molecular weight is 287 g/mol. The van der Waals surface area contributed by atoms with Gasteiger partial charge in [0.05, 0.1) is 11.7 Å². The average Bonchev–Trinajstić information content (AvgIpc) is 3.04. The van der Waals surface area contributed by atoms with Gasteiger partial charge in [0.15, 0.2) is 0 Å². The molecule has 1 aliphatic heterocycles. The number of H-pyrrole nitrogens is 1. The normalized spacial score (nSPS) is 15.0. The van der Waals surface area contributed by atoms with Gasteiger partial charge in [-0.15, -0.1) is 0 Å². The highest BCUT2D eigenvalue weighted by molar-refractivity contribution is 6.05. The minimum absolute atomic E-state index is 0.0898. The van der Waals surface area contributed by atoms with Gasteiger partial charge in [-0.3, -0.25) is 30.3 Å². The summed E-state index contributed by atoms with van der Waals surface area (Å²) in [6.45, 7) is 0. The molecule has 8 heteroatoms. The summed E-state index contributed by atoms with van der Waals surface area (Å²) >= 11 is 0. The van der Waals surface area contributed by atoms with E-state index in [2.05, 4.69) is 26.4 Å². The van der Waals surface area contributed by atoms with Crippen LogP contribution in [0, 0.1) is 5.92 Å². The first kappa shape index (κ1) is 13.1. The molecule has 4 N–H and O–H groups in total. The summed E-state index contributed by atoms with van der Waals surface area (Å²) in [4.78, 5) is 34.5. The van der Waals surface area contributed by atoms with Gasteiger partial charge in [-0.2, -0.15) is 5.10 Å². The SMILES string of the molecule is O=C(CCC1C(=O)NNC1=O)Nc1ccc2cn[nH]c2c1. The van der Waals surface area contributed by atoms with Crippen LogP contribution in [0.15, 0.2) is 24.4 Å². The molecule has 1 aromatic heterocycles. The van der Waals surface area contributed by atoms with Crippen molar-refractivity contribution in [2.75, 3.05) is 5.32 Å². The first-order valence-corrected chi connectivity index (χ1v) is 6.46. The Balaban J connectivity index is 1.58. The maximum atomic E-state index is 11.9. The first-order chi connectivity index (χ1) is 10.1. The summed E-state index contributed by atoms with van der Waals surface area (Å²) in [5.41, 5.74) is 5.92. The van der Waals surface area contributed by atoms with Crippen molar-refractivity contribution in [3.63, 3.8) is 0 Å². The summed E-state index contributed by atoms with van der Waals surface area (Å²) in [5.74, 6) is -1.84. The summed E-state index contributed by atoms with van der Waals surface area (Å²) in [6.07, 6.45) is 1.96. The van der Waals surface area contributed by atoms with Crippen LogP contribution in [-0.4, -0.2) is 27.9 Å². The van der Waals surface area contributed by atoms with Crippen molar-refractivity contribution >= 4 is 34.3 Å². The quantitative estimate of drug-likeness (QED) is 0.595. The number of hydrazine groups is 1. The van der Waals surface area contributed by atoms with E-state index >= 15 is 0 Å². The molecular weight excluding hydrogens is 274 g/mol. The van der Waals surface area contributed by atoms with Crippen molar-refractivity contribution < 1.29 is 14.4 Å². The summed E-state index contributed by atoms with van der Waals surface area (Å²) in [5, 5.41) is 10.4. The van der Waals surface area contributed by atoms with E-state index in [1.54, 1.807) is 18.3 Å². The first-order valence-electron chi connectivity index (χ1n) is 6.46. The van der Waals surface area contributed by atoms with Crippen LogP contribution in [0.1, 0.15) is 12.8 Å². The van der Waals surface area contributed by atoms with Crippen LogP contribution in [0.4, 0.5) is 5.69 Å². The Morgan fingerprint density at radius 1 is 1.24 bits per heavy atom. The second-order valence-corrected chi connectivity index (χ2v) is 4.79. The highest BCUT2D eigenvalue weighted by Crippen LogP contribution is 2.17. The van der Waals surface area contributed by atoms with Gasteiger partial charge in [-0.25, -0.2) is 0 Å². The van der Waals surface area contributed by atoms with Crippen LogP contribution < -0.4 is 16.2 Å². The largest absolute Gasteiger partial charge is 0.326 e. The van der Waals surface area contributed by atoms with Crippen LogP contribution >= 0.6 is 0 Å². The predicted molar refractivity (Wildman–Crippen MR) is 73.7 cm³/mol. The molecule has 0 aliphatic carbocycles. The van der Waals surface area contributed by atoms with Crippen molar-refractivity contribution in [1.82, 2.24) is 21.0 Å². The predicted octanol–water partition coefficient (Wildman–Crippen LogP) is 0.0588. The Kier molecular flexibility index (Phi) is 3.27. The number of hydrogen-bond acceptors (Lipinski definition) is 4. The van der Waals surface area contributed by atoms with Crippen molar-refractivity contribution in [3.05, 3.63) is 24.4 Å². The summed E-state index contributed by atoms with van der Waals surface area (Å²) < 4.78 is 0. The van der Waals surface area contributed by atoms with Gasteiger partial charge in [0.1, 0.15) is 5.92 Å². The third kappa shape index (κ3) is 2.69. The van der Waals surface area contributed by atoms with Gasteiger partial charge in [-0.1, -0.05) is 0 Å². The number of amides is 3. The molecule has 1 aromatic carbocycles. The molecule has 2 heterocycles. The maximum Gasteiger partial charge on any atom is 0.251 e. The van der Waals surface area contributed by atoms with E-state index in [9.17, 15) is 14.4 Å². The number of rotatable bonds is 4. The standard InChI is InChI=1S/C13H13N5O3/c19-11(4-3-9-12(20)17-18-13(9)21)15-8-2-1-7-6-14-16-10(7)5-8/h1-2,5-6,9H,3-4H2,(H,14,16)(H,15,19)(H,17,20)(H,18,21). The zero-order valence-corrected chi connectivity index (χ0v) is 11.0. The molecule has 1 aliphatic rings. The monoisotopic (exact) mass is 287 g/mol. The van der Waals surface area contributed by atoms with Crippen LogP contribution in [-0.2, 0) is 14.4 Å². The lowest BCUT2D eigenvalue weighted by atomic mass is 10.0. The zero-order chi connectivity index (χ0) is 14.8. The zero-order valence-electron chi connectivity index (χ0n) is 11.0. The molecule has 0 saturated carbocycles. The Labute approximate surface area is 119 Å². The second-order valence-electron chi connectivity index (χ2n) is 4.79. The lowest BCUT2D eigenvalue weighted by molar-refractivity contribution is -0.128. The minimum atomic E-state index is -0.800. The van der Waals surface area contributed by atoms with Gasteiger partial charge in [0.25, 0.3) is 11.8 Å². The lowest BCUT2D eigenvalue weighted by Crippen LogP contribution is -2.28. The maximum absolute atomic E-state index is 11.9. The van der Waals surface area contributed by atoms with Gasteiger partial charge in [0, 0.05) is 17.5 Å². The minimum Gasteiger partial charge on any atom is -0.326 e. The van der Waals surface area contributed by atoms with Crippen molar-refractivity contribution in [2.24, 2.45) is 5.92 Å². The smallest absolute Gasteiger partial charge is 0.251 e. The van der Waals surface area contributed by atoms with Crippen LogP contribution in [0.25, 0.3) is 10.9 Å². The molecule has 21 heavy (non-hydrogen) atoms. The Bertz CT molecular complexity index is 707. The number of anilines is 1. The van der Waals surface area contributed by atoms with Gasteiger partial charge >= 0.3 is 0 Å². The van der Waals surface area contributed by atoms with E-state index < -0.39 is 17.7 Å². The fraction of sp³-hybridized carbons (Fsp3) is 0.231. The molecule has 0 atom stereocenters. The fourth-order valence-electron chi connectivity index (χ4n) is 2.19. The van der Waals surface area contributed by atoms with Crippen LogP contribution in [0.5, 0.6) is 0 Å². The number of carbonyl (C=O) groups excluding carboxylic acids is 3.